The van der Waals surface area contributed by atoms with E-state index in [0.29, 0.717) is 13.0 Å². The molecule has 6 heteroatoms. The molecule has 2 aromatic rings. The van der Waals surface area contributed by atoms with E-state index in [1.54, 1.807) is 0 Å². The summed E-state index contributed by atoms with van der Waals surface area (Å²) in [5.41, 5.74) is 1.05. The van der Waals surface area contributed by atoms with Crippen molar-refractivity contribution in [2.45, 2.75) is 39.3 Å². The van der Waals surface area contributed by atoms with E-state index in [1.807, 2.05) is 48.9 Å². The first-order chi connectivity index (χ1) is 10.9. The van der Waals surface area contributed by atoms with Gasteiger partial charge in [0.2, 0.25) is 5.91 Å². The number of amides is 1. The van der Waals surface area contributed by atoms with E-state index >= 15 is 0 Å². The van der Waals surface area contributed by atoms with E-state index in [1.165, 1.54) is 0 Å². The number of nitrogens with one attached hydrogen (secondary N) is 1. The summed E-state index contributed by atoms with van der Waals surface area (Å²) in [4.78, 5) is 23.3. The van der Waals surface area contributed by atoms with Crippen molar-refractivity contribution in [3.63, 3.8) is 0 Å². The van der Waals surface area contributed by atoms with E-state index < -0.39 is 12.0 Å². The average molecular weight is 381 g/mol. The predicted octanol–water partition coefficient (Wildman–Crippen LogP) is 3.41. The van der Waals surface area contributed by atoms with E-state index in [-0.39, 0.29) is 18.2 Å². The lowest BCUT2D eigenvalue weighted by molar-refractivity contribution is -0.143. The maximum atomic E-state index is 12.1. The molecule has 0 saturated carbocycles. The number of rotatable bonds is 7. The molecule has 0 aliphatic carbocycles. The fourth-order valence-corrected chi connectivity index (χ4v) is 2.85. The molecule has 1 aromatic heterocycles. The van der Waals surface area contributed by atoms with Crippen molar-refractivity contribution < 1.29 is 14.7 Å². The molecule has 2 N–H and O–H groups in total. The number of carboxylic acids is 1. The maximum absolute atomic E-state index is 12.1. The third-order valence-corrected chi connectivity index (χ3v) is 4.60. The number of fused-ring (bicyclic) bond motifs is 1. The highest BCUT2D eigenvalue weighted by Gasteiger charge is 2.25. The zero-order chi connectivity index (χ0) is 17.0. The van der Waals surface area contributed by atoms with Crippen LogP contribution in [0.1, 0.15) is 26.7 Å². The number of aryl methyl sites for hydroxylation is 1. The summed E-state index contributed by atoms with van der Waals surface area (Å²) in [5.74, 6) is -1.32. The van der Waals surface area contributed by atoms with Crippen LogP contribution in [0.15, 0.2) is 34.9 Å². The number of carbonyl (C=O) groups is 2. The first-order valence-electron chi connectivity index (χ1n) is 7.69. The first kappa shape index (κ1) is 17.5. The van der Waals surface area contributed by atoms with Crippen molar-refractivity contribution in [1.29, 1.82) is 0 Å². The Hall–Kier alpha value is -1.82. The van der Waals surface area contributed by atoms with Gasteiger partial charge in [0, 0.05) is 29.2 Å². The highest BCUT2D eigenvalue weighted by Crippen LogP contribution is 2.21. The van der Waals surface area contributed by atoms with Crippen molar-refractivity contribution >= 4 is 38.7 Å². The Morgan fingerprint density at radius 2 is 2.09 bits per heavy atom. The van der Waals surface area contributed by atoms with Crippen LogP contribution in [0.2, 0.25) is 0 Å². The quantitative estimate of drug-likeness (QED) is 0.772. The molecule has 5 nitrogen and oxygen atoms in total. The van der Waals surface area contributed by atoms with Gasteiger partial charge in [0.15, 0.2) is 0 Å². The van der Waals surface area contributed by atoms with Gasteiger partial charge in [0.25, 0.3) is 0 Å². The van der Waals surface area contributed by atoms with Gasteiger partial charge in [0.05, 0.1) is 0 Å². The Kier molecular flexibility index (Phi) is 5.82. The molecule has 1 amide bonds. The Balaban J connectivity index is 2.00. The minimum atomic E-state index is -0.983. The topological polar surface area (TPSA) is 71.3 Å². The van der Waals surface area contributed by atoms with Crippen LogP contribution in [0.4, 0.5) is 0 Å². The summed E-state index contributed by atoms with van der Waals surface area (Å²) >= 11 is 3.45. The van der Waals surface area contributed by atoms with Gasteiger partial charge in [-0.1, -0.05) is 42.3 Å². The number of halogens is 1. The Morgan fingerprint density at radius 3 is 2.74 bits per heavy atom. The molecule has 0 bridgehead atoms. The Labute approximate surface area is 143 Å². The van der Waals surface area contributed by atoms with Gasteiger partial charge in [0.1, 0.15) is 6.04 Å². The Bertz CT molecular complexity index is 711. The lowest BCUT2D eigenvalue weighted by atomic mass is 9.99. The molecular formula is C17H21BrN2O3. The summed E-state index contributed by atoms with van der Waals surface area (Å²) < 4.78 is 2.98. The minimum absolute atomic E-state index is 0.0974. The molecule has 0 aliphatic heterocycles. The van der Waals surface area contributed by atoms with Gasteiger partial charge in [-0.2, -0.15) is 0 Å². The van der Waals surface area contributed by atoms with Gasteiger partial charge in [-0.25, -0.2) is 4.79 Å². The number of carbonyl (C=O) groups excluding carboxylic acids is 1. The van der Waals surface area contributed by atoms with Crippen LogP contribution in [0.3, 0.4) is 0 Å². The largest absolute Gasteiger partial charge is 0.480 e. The van der Waals surface area contributed by atoms with Crippen molar-refractivity contribution in [2.24, 2.45) is 5.92 Å². The van der Waals surface area contributed by atoms with Gasteiger partial charge < -0.3 is 15.0 Å². The van der Waals surface area contributed by atoms with Gasteiger partial charge in [-0.15, -0.1) is 0 Å². The summed E-state index contributed by atoms with van der Waals surface area (Å²) in [5, 5.41) is 13.0. The molecule has 1 heterocycles. The van der Waals surface area contributed by atoms with E-state index in [2.05, 4.69) is 21.2 Å². The van der Waals surface area contributed by atoms with Crippen LogP contribution in [0, 0.1) is 5.92 Å². The lowest BCUT2D eigenvalue weighted by Gasteiger charge is -2.20. The lowest BCUT2D eigenvalue weighted by Crippen LogP contribution is -2.45. The smallest absolute Gasteiger partial charge is 0.326 e. The molecule has 0 aliphatic rings. The van der Waals surface area contributed by atoms with Gasteiger partial charge in [-0.3, -0.25) is 4.79 Å². The summed E-state index contributed by atoms with van der Waals surface area (Å²) in [6.07, 6.45) is 2.89. The SMILES string of the molecule is CC[C@@H](C)[C@H](NC(=O)CCn1ccc2ccc(Br)cc21)C(=O)O. The monoisotopic (exact) mass is 380 g/mol. The summed E-state index contributed by atoms with van der Waals surface area (Å²) in [6.45, 7) is 4.26. The number of aromatic nitrogens is 1. The van der Waals surface area contributed by atoms with Crippen molar-refractivity contribution in [1.82, 2.24) is 9.88 Å². The second-order valence-electron chi connectivity index (χ2n) is 5.73. The molecule has 2 rings (SSSR count). The van der Waals surface area contributed by atoms with Crippen LogP contribution < -0.4 is 5.32 Å². The highest BCUT2D eigenvalue weighted by atomic mass is 79.9. The number of benzene rings is 1. The molecule has 0 saturated heterocycles. The van der Waals surface area contributed by atoms with E-state index in [9.17, 15) is 14.7 Å². The average Bonchev–Trinajstić information content (AvgIpc) is 2.91. The van der Waals surface area contributed by atoms with Crippen LogP contribution in [-0.2, 0) is 16.1 Å². The van der Waals surface area contributed by atoms with E-state index in [0.717, 1.165) is 15.4 Å². The molecule has 124 valence electrons. The molecule has 0 radical (unpaired) electrons. The summed E-state index contributed by atoms with van der Waals surface area (Å²) in [6, 6.07) is 7.16. The Morgan fingerprint density at radius 1 is 1.35 bits per heavy atom. The molecular weight excluding hydrogens is 360 g/mol. The van der Waals surface area contributed by atoms with Gasteiger partial charge >= 0.3 is 5.97 Å². The standard InChI is InChI=1S/C17H21BrN2O3/c1-3-11(2)16(17(22)23)19-15(21)7-9-20-8-6-12-4-5-13(18)10-14(12)20/h4-6,8,10-11,16H,3,7,9H2,1-2H3,(H,19,21)(H,22,23)/t11-,16+/m1/s1. The van der Waals surface area contributed by atoms with E-state index in [4.69, 9.17) is 0 Å². The molecule has 2 atom stereocenters. The van der Waals surface area contributed by atoms with Crippen molar-refractivity contribution in [3.8, 4) is 0 Å². The number of carboxylic acid groups (broad SMARTS) is 1. The van der Waals surface area contributed by atoms with Crippen LogP contribution >= 0.6 is 15.9 Å². The zero-order valence-electron chi connectivity index (χ0n) is 13.3. The molecule has 23 heavy (non-hydrogen) atoms. The van der Waals surface area contributed by atoms with Crippen LogP contribution in [0.5, 0.6) is 0 Å². The zero-order valence-corrected chi connectivity index (χ0v) is 14.8. The maximum Gasteiger partial charge on any atom is 0.326 e. The molecule has 1 aromatic carbocycles. The normalized spacial score (nSPS) is 13.7. The fraction of sp³-hybridized carbons (Fsp3) is 0.412. The number of aliphatic carboxylic acids is 1. The minimum Gasteiger partial charge on any atom is -0.480 e. The van der Waals surface area contributed by atoms with Gasteiger partial charge in [-0.05, 0) is 29.5 Å². The first-order valence-corrected chi connectivity index (χ1v) is 8.48. The second-order valence-corrected chi connectivity index (χ2v) is 6.65. The van der Waals surface area contributed by atoms with Crippen molar-refractivity contribution in [3.05, 3.63) is 34.9 Å². The van der Waals surface area contributed by atoms with Crippen LogP contribution in [0.25, 0.3) is 10.9 Å². The number of hydrogen-bond donors (Lipinski definition) is 2. The third kappa shape index (κ3) is 4.34. The summed E-state index contributed by atoms with van der Waals surface area (Å²) in [7, 11) is 0. The van der Waals surface area contributed by atoms with Crippen LogP contribution in [-0.4, -0.2) is 27.6 Å². The molecule has 0 spiro atoms. The number of nitrogens with zero attached hydrogens (tertiary/aromatic N) is 1. The second kappa shape index (κ2) is 7.64. The fourth-order valence-electron chi connectivity index (χ4n) is 2.50. The molecule has 0 fully saturated rings. The third-order valence-electron chi connectivity index (χ3n) is 4.11. The molecule has 0 unspecified atom stereocenters. The number of hydrogen-bond acceptors (Lipinski definition) is 2. The highest BCUT2D eigenvalue weighted by molar-refractivity contribution is 9.10. The predicted molar refractivity (Wildman–Crippen MR) is 93.3 cm³/mol. The van der Waals surface area contributed by atoms with Crippen molar-refractivity contribution in [2.75, 3.05) is 0 Å².